The minimum atomic E-state index is -4.60. The molecule has 158 valence electrons. The third-order valence-corrected chi connectivity index (χ3v) is 4.33. The largest absolute Gasteiger partial charge is 0.481 e. The van der Waals surface area contributed by atoms with Crippen LogP contribution < -0.4 is 4.74 Å². The van der Waals surface area contributed by atoms with Crippen molar-refractivity contribution in [1.29, 1.82) is 0 Å². The van der Waals surface area contributed by atoms with Crippen LogP contribution in [0.2, 0.25) is 0 Å². The number of pyridine rings is 1. The highest BCUT2D eigenvalue weighted by molar-refractivity contribution is 5.73. The number of hydrogen-bond acceptors (Lipinski definition) is 4. The normalized spacial score (nSPS) is 12.1. The SMILES string of the molecule is CC(C)(COc1ccc(-c2ccc(-c3ncc(C(F)(F)F)[nH]3)c(F)c2)cn1)C(=O)O. The highest BCUT2D eigenvalue weighted by Crippen LogP contribution is 2.31. The number of ether oxygens (including phenoxy) is 1. The number of halogens is 4. The van der Waals surface area contributed by atoms with Crippen molar-refractivity contribution in [2.45, 2.75) is 20.0 Å². The van der Waals surface area contributed by atoms with Crippen LogP contribution in [-0.2, 0) is 11.0 Å². The zero-order valence-electron chi connectivity index (χ0n) is 15.9. The van der Waals surface area contributed by atoms with Gasteiger partial charge in [-0.2, -0.15) is 13.2 Å². The van der Waals surface area contributed by atoms with Crippen molar-refractivity contribution in [1.82, 2.24) is 15.0 Å². The summed E-state index contributed by atoms with van der Waals surface area (Å²) in [6.07, 6.45) is -2.57. The van der Waals surface area contributed by atoms with Gasteiger partial charge in [-0.15, -0.1) is 0 Å². The molecule has 0 aliphatic rings. The number of alkyl halides is 3. The van der Waals surface area contributed by atoms with E-state index < -0.39 is 29.1 Å². The Hall–Kier alpha value is -3.43. The number of aliphatic carboxylic acids is 1. The van der Waals surface area contributed by atoms with Crippen LogP contribution >= 0.6 is 0 Å². The van der Waals surface area contributed by atoms with Gasteiger partial charge in [0.1, 0.15) is 23.9 Å². The van der Waals surface area contributed by atoms with E-state index in [1.807, 2.05) is 0 Å². The molecule has 1 aromatic carbocycles. The van der Waals surface area contributed by atoms with E-state index in [-0.39, 0.29) is 23.9 Å². The van der Waals surface area contributed by atoms with Gasteiger partial charge in [0.25, 0.3) is 0 Å². The number of hydrogen-bond donors (Lipinski definition) is 2. The Morgan fingerprint density at radius 2 is 1.80 bits per heavy atom. The molecule has 2 N–H and O–H groups in total. The molecule has 6 nitrogen and oxygen atoms in total. The molecule has 3 aromatic rings. The van der Waals surface area contributed by atoms with Crippen molar-refractivity contribution in [3.8, 4) is 28.4 Å². The fourth-order valence-electron chi connectivity index (χ4n) is 2.44. The predicted octanol–water partition coefficient (Wildman–Crippen LogP) is 4.79. The highest BCUT2D eigenvalue weighted by atomic mass is 19.4. The van der Waals surface area contributed by atoms with E-state index in [4.69, 9.17) is 9.84 Å². The topological polar surface area (TPSA) is 88.1 Å². The van der Waals surface area contributed by atoms with E-state index in [9.17, 15) is 22.4 Å². The average Bonchev–Trinajstić information content (AvgIpc) is 3.17. The minimum Gasteiger partial charge on any atom is -0.481 e. The molecule has 2 heterocycles. The fourth-order valence-corrected chi connectivity index (χ4v) is 2.44. The number of carbonyl (C=O) groups is 1. The molecule has 0 aliphatic carbocycles. The molecule has 0 atom stereocenters. The quantitative estimate of drug-likeness (QED) is 0.557. The van der Waals surface area contributed by atoms with Gasteiger partial charge in [-0.3, -0.25) is 4.79 Å². The van der Waals surface area contributed by atoms with E-state index in [1.165, 1.54) is 38.2 Å². The monoisotopic (exact) mass is 423 g/mol. The molecule has 0 amide bonds. The number of H-pyrrole nitrogens is 1. The van der Waals surface area contributed by atoms with E-state index in [1.54, 1.807) is 6.07 Å². The number of imidazole rings is 1. The van der Waals surface area contributed by atoms with E-state index in [2.05, 4.69) is 15.0 Å². The molecule has 10 heteroatoms. The van der Waals surface area contributed by atoms with Crippen LogP contribution in [0, 0.1) is 11.2 Å². The summed E-state index contributed by atoms with van der Waals surface area (Å²) in [5, 5.41) is 9.09. The van der Waals surface area contributed by atoms with Crippen LogP contribution in [0.1, 0.15) is 19.5 Å². The van der Waals surface area contributed by atoms with Gasteiger partial charge in [0.15, 0.2) is 0 Å². The van der Waals surface area contributed by atoms with Gasteiger partial charge >= 0.3 is 12.1 Å². The number of nitrogens with one attached hydrogen (secondary N) is 1. The molecular weight excluding hydrogens is 406 g/mol. The summed E-state index contributed by atoms with van der Waals surface area (Å²) in [4.78, 5) is 20.8. The van der Waals surface area contributed by atoms with E-state index >= 15 is 0 Å². The van der Waals surface area contributed by atoms with E-state index in [0.29, 0.717) is 17.3 Å². The number of nitrogens with zero attached hydrogens (tertiary/aromatic N) is 2. The first kappa shape index (κ1) is 21.3. The van der Waals surface area contributed by atoms with Gasteiger partial charge in [-0.25, -0.2) is 14.4 Å². The second-order valence-electron chi connectivity index (χ2n) is 7.20. The number of aromatic amines is 1. The Labute approximate surface area is 168 Å². The van der Waals surface area contributed by atoms with Crippen molar-refractivity contribution in [2.75, 3.05) is 6.61 Å². The fraction of sp³-hybridized carbons (Fsp3) is 0.250. The van der Waals surface area contributed by atoms with Crippen molar-refractivity contribution in [3.05, 3.63) is 54.2 Å². The second-order valence-corrected chi connectivity index (χ2v) is 7.20. The number of carboxylic acids is 1. The molecular formula is C20H17F4N3O3. The summed E-state index contributed by atoms with van der Waals surface area (Å²) in [6, 6.07) is 7.14. The molecule has 2 aromatic heterocycles. The maximum absolute atomic E-state index is 14.5. The summed E-state index contributed by atoms with van der Waals surface area (Å²) in [6.45, 7) is 2.95. The summed E-state index contributed by atoms with van der Waals surface area (Å²) in [5.41, 5.74) is -1.26. The number of benzene rings is 1. The predicted molar refractivity (Wildman–Crippen MR) is 99.1 cm³/mol. The maximum Gasteiger partial charge on any atom is 0.432 e. The third kappa shape index (κ3) is 4.58. The number of carboxylic acid groups (broad SMARTS) is 1. The standard InChI is InChI=1S/C20H17F4N3O3/c1-19(2,18(28)29)10-30-16-6-4-12(8-25-16)11-3-5-13(14(21)7-11)17-26-9-15(27-17)20(22,23)24/h3-9H,10H2,1-2H3,(H,26,27)(H,28,29). The molecule has 0 radical (unpaired) electrons. The molecule has 0 spiro atoms. The molecule has 30 heavy (non-hydrogen) atoms. The molecule has 0 saturated heterocycles. The van der Waals surface area contributed by atoms with Gasteiger partial charge in [0, 0.05) is 17.8 Å². The van der Waals surface area contributed by atoms with Crippen molar-refractivity contribution in [3.63, 3.8) is 0 Å². The molecule has 0 fully saturated rings. The summed E-state index contributed by atoms with van der Waals surface area (Å²) >= 11 is 0. The highest BCUT2D eigenvalue weighted by Gasteiger charge is 2.33. The molecule has 0 aliphatic heterocycles. The van der Waals surface area contributed by atoms with Crippen LogP contribution in [-0.4, -0.2) is 32.6 Å². The Kier molecular flexibility index (Phi) is 5.51. The lowest BCUT2D eigenvalue weighted by molar-refractivity contribution is -0.148. The van der Waals surface area contributed by atoms with Gasteiger partial charge in [-0.05, 0) is 37.6 Å². The van der Waals surface area contributed by atoms with Crippen molar-refractivity contribution < 1.29 is 32.2 Å². The third-order valence-electron chi connectivity index (χ3n) is 4.33. The lowest BCUT2D eigenvalue weighted by Crippen LogP contribution is -2.30. The van der Waals surface area contributed by atoms with Crippen molar-refractivity contribution in [2.24, 2.45) is 5.41 Å². The Balaban J connectivity index is 1.76. The maximum atomic E-state index is 14.5. The summed E-state index contributed by atoms with van der Waals surface area (Å²) in [5.74, 6) is -1.78. The first-order valence-electron chi connectivity index (χ1n) is 8.72. The van der Waals surface area contributed by atoms with Gasteiger partial charge in [-0.1, -0.05) is 6.07 Å². The Bertz CT molecular complexity index is 1060. The lowest BCUT2D eigenvalue weighted by atomic mass is 9.95. The van der Waals surface area contributed by atoms with Crippen LogP contribution in [0.4, 0.5) is 17.6 Å². The Morgan fingerprint density at radius 3 is 2.33 bits per heavy atom. The molecule has 0 saturated carbocycles. The number of aromatic nitrogens is 3. The van der Waals surface area contributed by atoms with Crippen molar-refractivity contribution >= 4 is 5.97 Å². The van der Waals surface area contributed by atoms with Gasteiger partial charge in [0.05, 0.1) is 17.2 Å². The lowest BCUT2D eigenvalue weighted by Gasteiger charge is -2.19. The van der Waals surface area contributed by atoms with Crippen LogP contribution in [0.5, 0.6) is 5.88 Å². The number of rotatable bonds is 6. The molecule has 0 bridgehead atoms. The van der Waals surface area contributed by atoms with E-state index in [0.717, 1.165) is 6.07 Å². The first-order chi connectivity index (χ1) is 14.0. The first-order valence-corrected chi connectivity index (χ1v) is 8.72. The smallest absolute Gasteiger partial charge is 0.432 e. The van der Waals surface area contributed by atoms with Gasteiger partial charge < -0.3 is 14.8 Å². The second kappa shape index (κ2) is 7.77. The Morgan fingerprint density at radius 1 is 1.10 bits per heavy atom. The zero-order valence-corrected chi connectivity index (χ0v) is 15.9. The zero-order chi connectivity index (χ0) is 22.1. The molecule has 3 rings (SSSR count). The molecule has 0 unspecified atom stereocenters. The summed E-state index contributed by atoms with van der Waals surface area (Å²) in [7, 11) is 0. The van der Waals surface area contributed by atoms with Crippen LogP contribution in [0.25, 0.3) is 22.5 Å². The van der Waals surface area contributed by atoms with Gasteiger partial charge in [0.2, 0.25) is 5.88 Å². The average molecular weight is 423 g/mol. The minimum absolute atomic E-state index is 0.0823. The summed E-state index contributed by atoms with van der Waals surface area (Å²) < 4.78 is 57.9. The van der Waals surface area contributed by atoms with Crippen LogP contribution in [0.3, 0.4) is 0 Å². The van der Waals surface area contributed by atoms with Crippen LogP contribution in [0.15, 0.2) is 42.7 Å².